The number of nitrogens with one attached hydrogen (secondary N) is 1. The number of amides is 1. The summed E-state index contributed by atoms with van der Waals surface area (Å²) in [5.41, 5.74) is 3.10. The van der Waals surface area contributed by atoms with Crippen molar-refractivity contribution in [3.8, 4) is 6.07 Å². The van der Waals surface area contributed by atoms with E-state index in [1.807, 2.05) is 32.3 Å². The van der Waals surface area contributed by atoms with E-state index in [9.17, 15) is 4.79 Å². The molecule has 0 radical (unpaired) electrons. The van der Waals surface area contributed by atoms with Crippen LogP contribution in [0.25, 0.3) is 0 Å². The van der Waals surface area contributed by atoms with E-state index < -0.39 is 5.91 Å². The van der Waals surface area contributed by atoms with Gasteiger partial charge in [-0.3, -0.25) is 10.2 Å². The van der Waals surface area contributed by atoms with Gasteiger partial charge in [0, 0.05) is 0 Å². The van der Waals surface area contributed by atoms with Crippen LogP contribution in [-0.4, -0.2) is 5.91 Å². The summed E-state index contributed by atoms with van der Waals surface area (Å²) in [6, 6.07) is 1.83. The smallest absolute Gasteiger partial charge is 0.276 e. The molecule has 0 aliphatic carbocycles. The fourth-order valence-electron chi connectivity index (χ4n) is 1.09. The number of hydrazine groups is 1. The first-order valence-electron chi connectivity index (χ1n) is 4.57. The van der Waals surface area contributed by atoms with Crippen LogP contribution in [0, 0.1) is 16.7 Å². The maximum Gasteiger partial charge on any atom is 0.276 e. The van der Waals surface area contributed by atoms with E-state index in [0.717, 1.165) is 5.57 Å². The highest BCUT2D eigenvalue weighted by atomic mass is 16.2. The minimum Gasteiger partial charge on any atom is -0.290 e. The average molecular weight is 207 g/mol. The fraction of sp³-hybridized carbons (Fsp3) is 0.455. The van der Waals surface area contributed by atoms with E-state index in [4.69, 9.17) is 11.1 Å². The van der Waals surface area contributed by atoms with E-state index in [1.54, 1.807) is 6.92 Å². The molecule has 0 aromatic carbocycles. The van der Waals surface area contributed by atoms with Crippen molar-refractivity contribution < 1.29 is 4.79 Å². The van der Waals surface area contributed by atoms with Crippen molar-refractivity contribution in [3.63, 3.8) is 0 Å². The van der Waals surface area contributed by atoms with Crippen molar-refractivity contribution in [1.82, 2.24) is 5.43 Å². The molecule has 0 saturated heterocycles. The molecule has 15 heavy (non-hydrogen) atoms. The van der Waals surface area contributed by atoms with Gasteiger partial charge in [-0.05, 0) is 23.5 Å². The normalized spacial score (nSPS) is 12.5. The third kappa shape index (κ3) is 3.22. The SMILES string of the molecule is C=C(/C(C)=C(/C#N)C(=O)NN)C(C)(C)C. The van der Waals surface area contributed by atoms with Crippen molar-refractivity contribution in [1.29, 1.82) is 5.26 Å². The number of hydrogen-bond donors (Lipinski definition) is 2. The molecule has 1 amide bonds. The second kappa shape index (κ2) is 4.76. The summed E-state index contributed by atoms with van der Waals surface area (Å²) in [6.45, 7) is 11.5. The molecule has 4 heteroatoms. The Labute approximate surface area is 90.4 Å². The largest absolute Gasteiger partial charge is 0.290 e. The van der Waals surface area contributed by atoms with Crippen LogP contribution >= 0.6 is 0 Å². The highest BCUT2D eigenvalue weighted by Gasteiger charge is 2.21. The molecule has 0 aromatic rings. The second-order valence-electron chi connectivity index (χ2n) is 4.31. The number of carbonyl (C=O) groups is 1. The highest BCUT2D eigenvalue weighted by Crippen LogP contribution is 2.30. The molecule has 0 heterocycles. The zero-order valence-electron chi connectivity index (χ0n) is 9.64. The first-order valence-corrected chi connectivity index (χ1v) is 4.57. The molecule has 0 unspecified atom stereocenters. The molecule has 0 rings (SSSR count). The molecule has 0 atom stereocenters. The molecule has 0 aromatic heterocycles. The topological polar surface area (TPSA) is 78.9 Å². The van der Waals surface area contributed by atoms with Crippen molar-refractivity contribution in [3.05, 3.63) is 23.3 Å². The predicted octanol–water partition coefficient (Wildman–Crippen LogP) is 1.42. The number of carbonyl (C=O) groups excluding carboxylic acids is 1. The maximum atomic E-state index is 11.3. The van der Waals surface area contributed by atoms with Gasteiger partial charge in [0.25, 0.3) is 5.91 Å². The Morgan fingerprint density at radius 1 is 1.47 bits per heavy atom. The molecule has 82 valence electrons. The van der Waals surface area contributed by atoms with Crippen molar-refractivity contribution in [2.24, 2.45) is 11.3 Å². The molecular formula is C11H17N3O. The standard InChI is InChI=1S/C11H17N3O/c1-7(8(2)11(3,4)5)9(6-12)10(15)14-13/h2,13H2,1,3-5H3,(H,14,15)/b9-7-. The zero-order chi connectivity index (χ0) is 12.2. The summed E-state index contributed by atoms with van der Waals surface area (Å²) in [6.07, 6.45) is 0. The Hall–Kier alpha value is -1.60. The van der Waals surface area contributed by atoms with Gasteiger partial charge in [0.2, 0.25) is 0 Å². The Morgan fingerprint density at radius 2 is 1.93 bits per heavy atom. The molecule has 0 saturated carbocycles. The molecule has 0 fully saturated rings. The Balaban J connectivity index is 5.35. The van der Waals surface area contributed by atoms with Crippen molar-refractivity contribution in [2.45, 2.75) is 27.7 Å². The summed E-state index contributed by atoms with van der Waals surface area (Å²) in [4.78, 5) is 11.3. The Morgan fingerprint density at radius 3 is 2.20 bits per heavy atom. The summed E-state index contributed by atoms with van der Waals surface area (Å²) in [5, 5.41) is 8.85. The van der Waals surface area contributed by atoms with Crippen LogP contribution in [0.4, 0.5) is 0 Å². The summed E-state index contributed by atoms with van der Waals surface area (Å²) in [7, 11) is 0. The molecule has 3 N–H and O–H groups in total. The monoisotopic (exact) mass is 207 g/mol. The number of allylic oxidation sites excluding steroid dienone is 2. The molecule has 4 nitrogen and oxygen atoms in total. The van der Waals surface area contributed by atoms with E-state index in [0.29, 0.717) is 5.57 Å². The van der Waals surface area contributed by atoms with Gasteiger partial charge in [0.15, 0.2) is 0 Å². The lowest BCUT2D eigenvalue weighted by Crippen LogP contribution is -2.32. The molecule has 0 bridgehead atoms. The van der Waals surface area contributed by atoms with Gasteiger partial charge < -0.3 is 0 Å². The van der Waals surface area contributed by atoms with Gasteiger partial charge in [0.1, 0.15) is 11.6 Å². The number of hydrogen-bond acceptors (Lipinski definition) is 3. The third-order valence-electron chi connectivity index (χ3n) is 2.20. The predicted molar refractivity (Wildman–Crippen MR) is 59.2 cm³/mol. The number of nitrogens with two attached hydrogens (primary N) is 1. The Bertz CT molecular complexity index is 353. The van der Waals surface area contributed by atoms with Gasteiger partial charge >= 0.3 is 0 Å². The average Bonchev–Trinajstić information content (AvgIpc) is 2.15. The Kier molecular flexibility index (Phi) is 4.25. The minimum atomic E-state index is -0.583. The molecule has 0 spiro atoms. The zero-order valence-corrected chi connectivity index (χ0v) is 9.64. The van der Waals surface area contributed by atoms with Crippen molar-refractivity contribution in [2.75, 3.05) is 0 Å². The summed E-state index contributed by atoms with van der Waals surface area (Å²) >= 11 is 0. The number of rotatable bonds is 2. The molecular weight excluding hydrogens is 190 g/mol. The van der Waals surface area contributed by atoms with Gasteiger partial charge in [-0.25, -0.2) is 5.84 Å². The lowest BCUT2D eigenvalue weighted by Gasteiger charge is -2.23. The first-order chi connectivity index (χ1) is 6.75. The lowest BCUT2D eigenvalue weighted by molar-refractivity contribution is -0.117. The maximum absolute atomic E-state index is 11.3. The quantitative estimate of drug-likeness (QED) is 0.179. The van der Waals surface area contributed by atoms with E-state index in [-0.39, 0.29) is 11.0 Å². The van der Waals surface area contributed by atoms with E-state index in [2.05, 4.69) is 6.58 Å². The summed E-state index contributed by atoms with van der Waals surface area (Å²) in [5.74, 6) is 4.40. The van der Waals surface area contributed by atoms with Crippen LogP contribution < -0.4 is 11.3 Å². The van der Waals surface area contributed by atoms with Gasteiger partial charge in [-0.2, -0.15) is 5.26 Å². The molecule has 0 aliphatic rings. The highest BCUT2D eigenvalue weighted by molar-refractivity contribution is 5.98. The van der Waals surface area contributed by atoms with Crippen LogP contribution in [0.1, 0.15) is 27.7 Å². The minimum absolute atomic E-state index is 0.0115. The van der Waals surface area contributed by atoms with Gasteiger partial charge in [-0.1, -0.05) is 27.4 Å². The number of nitrogens with zero attached hydrogens (tertiary/aromatic N) is 1. The van der Waals surface area contributed by atoms with Crippen LogP contribution in [-0.2, 0) is 4.79 Å². The van der Waals surface area contributed by atoms with Crippen LogP contribution in [0.2, 0.25) is 0 Å². The van der Waals surface area contributed by atoms with Gasteiger partial charge in [-0.15, -0.1) is 0 Å². The first kappa shape index (κ1) is 13.4. The van der Waals surface area contributed by atoms with E-state index >= 15 is 0 Å². The van der Waals surface area contributed by atoms with E-state index in [1.165, 1.54) is 0 Å². The second-order valence-corrected chi connectivity index (χ2v) is 4.31. The van der Waals surface area contributed by atoms with Crippen LogP contribution in [0.5, 0.6) is 0 Å². The van der Waals surface area contributed by atoms with Crippen LogP contribution in [0.3, 0.4) is 0 Å². The summed E-state index contributed by atoms with van der Waals surface area (Å²) < 4.78 is 0. The van der Waals surface area contributed by atoms with Crippen LogP contribution in [0.15, 0.2) is 23.3 Å². The third-order valence-corrected chi connectivity index (χ3v) is 2.20. The van der Waals surface area contributed by atoms with Gasteiger partial charge in [0.05, 0.1) is 0 Å². The fourth-order valence-corrected chi connectivity index (χ4v) is 1.09. The number of nitriles is 1. The lowest BCUT2D eigenvalue weighted by atomic mass is 9.82. The van der Waals surface area contributed by atoms with Crippen molar-refractivity contribution >= 4 is 5.91 Å². The molecule has 0 aliphatic heterocycles.